The molecule has 3 nitrogen and oxygen atoms in total. The lowest BCUT2D eigenvalue weighted by Crippen LogP contribution is -2.51. The van der Waals surface area contributed by atoms with Gasteiger partial charge in [-0.15, -0.1) is 0 Å². The number of hydrogen-bond donors (Lipinski definition) is 1. The maximum atomic E-state index is 5.66. The first-order valence-corrected chi connectivity index (χ1v) is 4.74. The van der Waals surface area contributed by atoms with Gasteiger partial charge in [-0.1, -0.05) is 0 Å². The van der Waals surface area contributed by atoms with Crippen LogP contribution in [0.3, 0.4) is 0 Å². The van der Waals surface area contributed by atoms with Crippen molar-refractivity contribution in [3.63, 3.8) is 0 Å². The van der Waals surface area contributed by atoms with Crippen LogP contribution >= 0.6 is 0 Å². The number of rotatable bonds is 0. The number of ether oxygens (including phenoxy) is 2. The lowest BCUT2D eigenvalue weighted by molar-refractivity contribution is -0.185. The summed E-state index contributed by atoms with van der Waals surface area (Å²) in [6.07, 6.45) is 1.97. The van der Waals surface area contributed by atoms with Gasteiger partial charge < -0.3 is 14.8 Å². The molecule has 2 rings (SSSR count). The molecule has 2 heterocycles. The average molecular weight is 171 g/mol. The summed E-state index contributed by atoms with van der Waals surface area (Å²) in [6, 6.07) is 1.01. The average Bonchev–Trinajstić information content (AvgIpc) is 2.33. The smallest absolute Gasteiger partial charge is 0.171 e. The molecule has 2 atom stereocenters. The molecule has 1 spiro atoms. The molecule has 70 valence electrons. The van der Waals surface area contributed by atoms with Crippen molar-refractivity contribution in [3.8, 4) is 0 Å². The van der Waals surface area contributed by atoms with Gasteiger partial charge in [0.25, 0.3) is 0 Å². The Morgan fingerprint density at radius 1 is 1.08 bits per heavy atom. The van der Waals surface area contributed by atoms with Crippen LogP contribution in [0.5, 0.6) is 0 Å². The first-order chi connectivity index (χ1) is 5.70. The first-order valence-electron chi connectivity index (χ1n) is 4.74. The van der Waals surface area contributed by atoms with Crippen molar-refractivity contribution in [2.24, 2.45) is 0 Å². The van der Waals surface area contributed by atoms with Crippen molar-refractivity contribution in [2.45, 2.75) is 44.6 Å². The third-order valence-corrected chi connectivity index (χ3v) is 2.62. The Morgan fingerprint density at radius 2 is 1.58 bits per heavy atom. The zero-order valence-electron chi connectivity index (χ0n) is 7.80. The van der Waals surface area contributed by atoms with E-state index in [4.69, 9.17) is 9.47 Å². The minimum absolute atomic E-state index is 0.246. The fourth-order valence-electron chi connectivity index (χ4n) is 2.35. The summed E-state index contributed by atoms with van der Waals surface area (Å²) in [5.74, 6) is -0.246. The molecule has 0 aliphatic carbocycles. The van der Waals surface area contributed by atoms with Crippen molar-refractivity contribution in [1.82, 2.24) is 5.32 Å². The van der Waals surface area contributed by atoms with Gasteiger partial charge >= 0.3 is 0 Å². The van der Waals surface area contributed by atoms with Gasteiger partial charge in [0.05, 0.1) is 13.2 Å². The van der Waals surface area contributed by atoms with Gasteiger partial charge in [0, 0.05) is 24.9 Å². The molecule has 2 saturated heterocycles. The Morgan fingerprint density at radius 3 is 2.08 bits per heavy atom. The molecule has 12 heavy (non-hydrogen) atoms. The van der Waals surface area contributed by atoms with Crippen LogP contribution in [0.15, 0.2) is 0 Å². The Kier molecular flexibility index (Phi) is 2.10. The van der Waals surface area contributed by atoms with Crippen LogP contribution < -0.4 is 5.32 Å². The Hall–Kier alpha value is -0.120. The van der Waals surface area contributed by atoms with Crippen LogP contribution in [0.2, 0.25) is 0 Å². The SMILES string of the molecule is CC1CC2(CC(C)N1)OCCO2. The summed E-state index contributed by atoms with van der Waals surface area (Å²) in [5, 5.41) is 3.47. The van der Waals surface area contributed by atoms with E-state index in [1.54, 1.807) is 0 Å². The molecule has 0 aromatic carbocycles. The summed E-state index contributed by atoms with van der Waals surface area (Å²) in [4.78, 5) is 0. The molecule has 3 heteroatoms. The van der Waals surface area contributed by atoms with Gasteiger partial charge in [-0.05, 0) is 13.8 Å². The predicted molar refractivity (Wildman–Crippen MR) is 45.9 cm³/mol. The molecule has 0 aromatic heterocycles. The fourth-order valence-corrected chi connectivity index (χ4v) is 2.35. The highest BCUT2D eigenvalue weighted by Crippen LogP contribution is 2.33. The van der Waals surface area contributed by atoms with Crippen molar-refractivity contribution in [2.75, 3.05) is 13.2 Å². The molecule has 0 aromatic rings. The molecule has 0 saturated carbocycles. The minimum atomic E-state index is -0.246. The Bertz CT molecular complexity index is 154. The standard InChI is InChI=1S/C9H17NO2/c1-7-5-9(6-8(2)10-7)11-3-4-12-9/h7-8,10H,3-6H2,1-2H3. The second-order valence-corrected chi connectivity index (χ2v) is 3.98. The van der Waals surface area contributed by atoms with Gasteiger partial charge in [-0.3, -0.25) is 0 Å². The first kappa shape index (κ1) is 8.48. The lowest BCUT2D eigenvalue weighted by Gasteiger charge is -2.39. The van der Waals surface area contributed by atoms with E-state index in [9.17, 15) is 0 Å². The van der Waals surface area contributed by atoms with Crippen LogP contribution in [0.4, 0.5) is 0 Å². The molecule has 0 amide bonds. The minimum Gasteiger partial charge on any atom is -0.347 e. The van der Waals surface area contributed by atoms with E-state index in [1.807, 2.05) is 0 Å². The lowest BCUT2D eigenvalue weighted by atomic mass is 9.94. The molecular formula is C9H17NO2. The van der Waals surface area contributed by atoms with Crippen molar-refractivity contribution in [3.05, 3.63) is 0 Å². The molecule has 2 unspecified atom stereocenters. The molecular weight excluding hydrogens is 154 g/mol. The number of piperidine rings is 1. The highest BCUT2D eigenvalue weighted by atomic mass is 16.7. The highest BCUT2D eigenvalue weighted by Gasteiger charge is 2.42. The van der Waals surface area contributed by atoms with E-state index in [2.05, 4.69) is 19.2 Å². The summed E-state index contributed by atoms with van der Waals surface area (Å²) in [6.45, 7) is 5.89. The monoisotopic (exact) mass is 171 g/mol. The molecule has 2 fully saturated rings. The maximum absolute atomic E-state index is 5.66. The van der Waals surface area contributed by atoms with Gasteiger partial charge in [-0.2, -0.15) is 0 Å². The van der Waals surface area contributed by atoms with Crippen LogP contribution in [-0.4, -0.2) is 31.1 Å². The number of hydrogen-bond acceptors (Lipinski definition) is 3. The summed E-state index contributed by atoms with van der Waals surface area (Å²) in [5.41, 5.74) is 0. The third kappa shape index (κ3) is 1.49. The van der Waals surface area contributed by atoms with Crippen LogP contribution in [-0.2, 0) is 9.47 Å². The van der Waals surface area contributed by atoms with Crippen molar-refractivity contribution in [1.29, 1.82) is 0 Å². The van der Waals surface area contributed by atoms with E-state index in [1.165, 1.54) is 0 Å². The van der Waals surface area contributed by atoms with Crippen LogP contribution in [0.1, 0.15) is 26.7 Å². The van der Waals surface area contributed by atoms with E-state index in [0.29, 0.717) is 12.1 Å². The van der Waals surface area contributed by atoms with E-state index in [-0.39, 0.29) is 5.79 Å². The maximum Gasteiger partial charge on any atom is 0.171 e. The highest BCUT2D eigenvalue weighted by molar-refractivity contribution is 4.89. The second-order valence-electron chi connectivity index (χ2n) is 3.98. The van der Waals surface area contributed by atoms with Crippen LogP contribution in [0.25, 0.3) is 0 Å². The van der Waals surface area contributed by atoms with Gasteiger partial charge in [0.1, 0.15) is 0 Å². The zero-order valence-corrected chi connectivity index (χ0v) is 7.80. The Labute approximate surface area is 73.4 Å². The largest absolute Gasteiger partial charge is 0.347 e. The van der Waals surface area contributed by atoms with E-state index < -0.39 is 0 Å². The Balaban J connectivity index is 2.04. The molecule has 0 radical (unpaired) electrons. The quantitative estimate of drug-likeness (QED) is 0.587. The predicted octanol–water partition coefficient (Wildman–Crippen LogP) is 0.890. The summed E-state index contributed by atoms with van der Waals surface area (Å²) >= 11 is 0. The van der Waals surface area contributed by atoms with E-state index in [0.717, 1.165) is 26.1 Å². The topological polar surface area (TPSA) is 30.5 Å². The van der Waals surface area contributed by atoms with Gasteiger partial charge in [0.2, 0.25) is 0 Å². The zero-order chi connectivity index (χ0) is 8.60. The normalized spacial score (nSPS) is 40.5. The summed E-state index contributed by atoms with van der Waals surface area (Å²) < 4.78 is 11.3. The van der Waals surface area contributed by atoms with Gasteiger partial charge in [0.15, 0.2) is 5.79 Å². The second kappa shape index (κ2) is 2.98. The van der Waals surface area contributed by atoms with E-state index >= 15 is 0 Å². The van der Waals surface area contributed by atoms with Crippen molar-refractivity contribution < 1.29 is 9.47 Å². The molecule has 0 bridgehead atoms. The van der Waals surface area contributed by atoms with Crippen LogP contribution in [0, 0.1) is 0 Å². The third-order valence-electron chi connectivity index (χ3n) is 2.62. The van der Waals surface area contributed by atoms with Gasteiger partial charge in [-0.25, -0.2) is 0 Å². The molecule has 1 N–H and O–H groups in total. The molecule has 2 aliphatic heterocycles. The summed E-state index contributed by atoms with van der Waals surface area (Å²) in [7, 11) is 0. The molecule has 2 aliphatic rings. The number of nitrogens with one attached hydrogen (secondary N) is 1. The fraction of sp³-hybridized carbons (Fsp3) is 1.00. The van der Waals surface area contributed by atoms with Crippen molar-refractivity contribution >= 4 is 0 Å².